The third kappa shape index (κ3) is 3.82. The Morgan fingerprint density at radius 3 is 2.35 bits per heavy atom. The number of carbonyl (C=O) groups excluding carboxylic acids is 3. The molecule has 4 aliphatic rings. The second kappa shape index (κ2) is 7.39. The molecule has 4 fully saturated rings. The number of rotatable bonds is 4. The summed E-state index contributed by atoms with van der Waals surface area (Å²) in [6, 6.07) is 4.76. The highest BCUT2D eigenvalue weighted by Gasteiger charge is 2.51. The number of carbonyl (C=O) groups is 3. The van der Waals surface area contributed by atoms with Crippen LogP contribution in [-0.4, -0.2) is 35.0 Å². The fraction of sp³-hybridized carbons (Fsp3) is 0.542. The number of fused-ring (bicyclic) bond motifs is 1. The molecule has 4 aliphatic carbocycles. The number of nitrogens with one attached hydrogen (secondary N) is 3. The normalized spacial score (nSPS) is 28.5. The number of H-pyrrole nitrogens is 1. The van der Waals surface area contributed by atoms with E-state index in [4.69, 9.17) is 4.74 Å². The average Bonchev–Trinajstić information content (AvgIpc) is 2.98. The highest BCUT2D eigenvalue weighted by Crippen LogP contribution is 2.55. The Morgan fingerprint density at radius 1 is 1.06 bits per heavy atom. The van der Waals surface area contributed by atoms with Crippen molar-refractivity contribution in [1.82, 2.24) is 15.6 Å². The molecule has 4 saturated carbocycles. The summed E-state index contributed by atoms with van der Waals surface area (Å²) in [7, 11) is 0. The van der Waals surface area contributed by atoms with Crippen molar-refractivity contribution in [3.05, 3.63) is 35.0 Å². The third-order valence-corrected chi connectivity index (χ3v) is 7.55. The molecule has 1 heterocycles. The van der Waals surface area contributed by atoms with Crippen LogP contribution in [0.2, 0.25) is 0 Å². The first-order valence-electron chi connectivity index (χ1n) is 11.2. The minimum atomic E-state index is -0.620. The number of aryl methyl sites for hydroxylation is 2. The van der Waals surface area contributed by atoms with Gasteiger partial charge in [0.15, 0.2) is 6.61 Å². The van der Waals surface area contributed by atoms with Crippen molar-refractivity contribution in [3.63, 3.8) is 0 Å². The Bertz CT molecular complexity index is 1030. The summed E-state index contributed by atoms with van der Waals surface area (Å²) in [6.07, 6.45) is 6.88. The molecule has 0 atom stereocenters. The minimum absolute atomic E-state index is 0.169. The number of esters is 1. The number of ether oxygens (including phenoxy) is 1. The summed E-state index contributed by atoms with van der Waals surface area (Å²) < 4.78 is 5.14. The Balaban J connectivity index is 1.14. The maximum Gasteiger partial charge on any atom is 0.338 e. The maximum absolute atomic E-state index is 12.5. The van der Waals surface area contributed by atoms with Crippen molar-refractivity contribution >= 4 is 28.8 Å². The van der Waals surface area contributed by atoms with E-state index in [1.807, 2.05) is 19.9 Å². The molecule has 2 aromatic rings. The predicted molar refractivity (Wildman–Crippen MR) is 116 cm³/mol. The zero-order chi connectivity index (χ0) is 21.8. The lowest BCUT2D eigenvalue weighted by Gasteiger charge is -2.56. The number of benzene rings is 1. The molecule has 3 N–H and O–H groups in total. The van der Waals surface area contributed by atoms with Gasteiger partial charge in [-0.05, 0) is 93.9 Å². The summed E-state index contributed by atoms with van der Waals surface area (Å²) in [5, 5.41) is 6.37. The molecule has 31 heavy (non-hydrogen) atoms. The molecule has 3 amide bonds. The van der Waals surface area contributed by atoms with Gasteiger partial charge in [-0.1, -0.05) is 0 Å². The first-order chi connectivity index (χ1) is 14.8. The van der Waals surface area contributed by atoms with E-state index >= 15 is 0 Å². The lowest BCUT2D eigenvalue weighted by atomic mass is 9.53. The van der Waals surface area contributed by atoms with Gasteiger partial charge in [0.25, 0.3) is 5.91 Å². The summed E-state index contributed by atoms with van der Waals surface area (Å²) in [5.41, 5.74) is 3.28. The van der Waals surface area contributed by atoms with E-state index in [0.717, 1.165) is 41.4 Å². The molecule has 7 heteroatoms. The van der Waals surface area contributed by atoms with Crippen LogP contribution in [0.4, 0.5) is 4.79 Å². The van der Waals surface area contributed by atoms with E-state index in [2.05, 4.69) is 15.6 Å². The summed E-state index contributed by atoms with van der Waals surface area (Å²) in [4.78, 5) is 40.3. The average molecular weight is 424 g/mol. The number of urea groups is 1. The van der Waals surface area contributed by atoms with Gasteiger partial charge in [0.05, 0.1) is 5.56 Å². The number of aromatic nitrogens is 1. The molecule has 0 unspecified atom stereocenters. The van der Waals surface area contributed by atoms with Gasteiger partial charge in [-0.25, -0.2) is 9.59 Å². The monoisotopic (exact) mass is 423 g/mol. The molecule has 164 valence electrons. The number of hydrogen-bond acceptors (Lipinski definition) is 4. The molecule has 0 aliphatic heterocycles. The van der Waals surface area contributed by atoms with Crippen molar-refractivity contribution in [2.75, 3.05) is 6.61 Å². The Kier molecular flexibility index (Phi) is 4.79. The summed E-state index contributed by atoms with van der Waals surface area (Å²) in [5.74, 6) is 0.899. The Morgan fingerprint density at radius 2 is 1.71 bits per heavy atom. The predicted octanol–water partition coefficient (Wildman–Crippen LogP) is 3.74. The van der Waals surface area contributed by atoms with Gasteiger partial charge in [-0.2, -0.15) is 0 Å². The van der Waals surface area contributed by atoms with Crippen LogP contribution in [0.1, 0.15) is 60.1 Å². The van der Waals surface area contributed by atoms with Gasteiger partial charge in [0, 0.05) is 22.1 Å². The highest BCUT2D eigenvalue weighted by molar-refractivity contribution is 5.99. The maximum atomic E-state index is 12.5. The second-order valence-electron chi connectivity index (χ2n) is 9.91. The molecule has 0 spiro atoms. The van der Waals surface area contributed by atoms with E-state index < -0.39 is 24.5 Å². The molecule has 0 radical (unpaired) electrons. The molecule has 6 rings (SSSR count). The van der Waals surface area contributed by atoms with Gasteiger partial charge < -0.3 is 15.0 Å². The van der Waals surface area contributed by atoms with E-state index in [1.54, 1.807) is 12.1 Å². The van der Waals surface area contributed by atoms with E-state index in [9.17, 15) is 14.4 Å². The van der Waals surface area contributed by atoms with Crippen LogP contribution < -0.4 is 10.6 Å². The van der Waals surface area contributed by atoms with Gasteiger partial charge in [0.1, 0.15) is 0 Å². The van der Waals surface area contributed by atoms with E-state index in [-0.39, 0.29) is 5.54 Å². The minimum Gasteiger partial charge on any atom is -0.452 e. The van der Waals surface area contributed by atoms with Crippen molar-refractivity contribution in [2.45, 2.75) is 57.9 Å². The van der Waals surface area contributed by atoms with Gasteiger partial charge in [-0.15, -0.1) is 0 Å². The van der Waals surface area contributed by atoms with Crippen molar-refractivity contribution in [1.29, 1.82) is 0 Å². The molecular formula is C24H29N3O4. The van der Waals surface area contributed by atoms with Crippen molar-refractivity contribution in [3.8, 4) is 0 Å². The molecule has 7 nitrogen and oxygen atoms in total. The zero-order valence-electron chi connectivity index (χ0n) is 18.0. The van der Waals surface area contributed by atoms with Gasteiger partial charge >= 0.3 is 12.0 Å². The Labute approximate surface area is 181 Å². The van der Waals surface area contributed by atoms with Gasteiger partial charge in [-0.3, -0.25) is 10.1 Å². The van der Waals surface area contributed by atoms with Crippen LogP contribution in [0.15, 0.2) is 18.2 Å². The summed E-state index contributed by atoms with van der Waals surface area (Å²) >= 11 is 0. The Hall–Kier alpha value is -2.83. The molecule has 1 aromatic heterocycles. The molecule has 0 saturated heterocycles. The topological polar surface area (TPSA) is 100 Å². The van der Waals surface area contributed by atoms with Crippen LogP contribution in [0, 0.1) is 31.6 Å². The zero-order valence-corrected chi connectivity index (χ0v) is 18.0. The number of amides is 3. The standard InChI is InChI=1S/C24H29N3O4/c1-13-14(2)25-20-4-3-18(8-19(13)20)22(29)31-12-21(28)26-23(30)27-24-9-15-5-16(10-24)7-17(6-15)11-24/h3-4,8,15-17,25H,5-7,9-12H2,1-2H3,(H2,26,27,28,30). The quantitative estimate of drug-likeness (QED) is 0.652. The van der Waals surface area contributed by atoms with Crippen LogP contribution in [-0.2, 0) is 9.53 Å². The summed E-state index contributed by atoms with van der Waals surface area (Å²) in [6.45, 7) is 3.47. The molecule has 1 aromatic carbocycles. The van der Waals surface area contributed by atoms with Crippen molar-refractivity contribution < 1.29 is 19.1 Å². The van der Waals surface area contributed by atoms with Crippen molar-refractivity contribution in [2.24, 2.45) is 17.8 Å². The fourth-order valence-electron chi connectivity index (χ4n) is 6.50. The first kappa shape index (κ1) is 20.1. The molecular weight excluding hydrogens is 394 g/mol. The van der Waals surface area contributed by atoms with Crippen LogP contribution in [0.5, 0.6) is 0 Å². The van der Waals surface area contributed by atoms with E-state index in [1.165, 1.54) is 19.3 Å². The fourth-order valence-corrected chi connectivity index (χ4v) is 6.50. The second-order valence-corrected chi connectivity index (χ2v) is 9.91. The SMILES string of the molecule is Cc1[nH]c2ccc(C(=O)OCC(=O)NC(=O)NC34CC5CC(CC(C5)C3)C4)cc2c1C. The lowest BCUT2D eigenvalue weighted by molar-refractivity contribution is -0.123. The number of hydrogen-bond donors (Lipinski definition) is 3. The van der Waals surface area contributed by atoms with Crippen LogP contribution >= 0.6 is 0 Å². The smallest absolute Gasteiger partial charge is 0.338 e. The third-order valence-electron chi connectivity index (χ3n) is 7.55. The lowest BCUT2D eigenvalue weighted by Crippen LogP contribution is -2.62. The highest BCUT2D eigenvalue weighted by atomic mass is 16.5. The van der Waals surface area contributed by atoms with Crippen LogP contribution in [0.25, 0.3) is 10.9 Å². The number of imide groups is 1. The largest absolute Gasteiger partial charge is 0.452 e. The molecule has 4 bridgehead atoms. The van der Waals surface area contributed by atoms with Gasteiger partial charge in [0.2, 0.25) is 0 Å². The first-order valence-corrected chi connectivity index (χ1v) is 11.2. The number of aromatic amines is 1. The van der Waals surface area contributed by atoms with E-state index in [0.29, 0.717) is 23.3 Å². The van der Waals surface area contributed by atoms with Crippen LogP contribution in [0.3, 0.4) is 0 Å².